The second-order valence-corrected chi connectivity index (χ2v) is 7.10. The number of carbonyl (C=O) groups is 2. The lowest BCUT2D eigenvalue weighted by Gasteiger charge is -2.13. The minimum absolute atomic E-state index is 0.357. The van der Waals surface area contributed by atoms with Crippen LogP contribution in [-0.4, -0.2) is 38.3 Å². The van der Waals surface area contributed by atoms with Crippen molar-refractivity contribution >= 4 is 39.5 Å². The van der Waals surface area contributed by atoms with Crippen LogP contribution in [-0.2, 0) is 4.79 Å². The Balaban J connectivity index is 1.59. The second kappa shape index (κ2) is 9.20. The molecule has 0 fully saturated rings. The summed E-state index contributed by atoms with van der Waals surface area (Å²) >= 11 is 1.61. The lowest BCUT2D eigenvalue weighted by molar-refractivity contribution is -0.122. The zero-order chi connectivity index (χ0) is 20.8. The Labute approximate surface area is 172 Å². The van der Waals surface area contributed by atoms with Gasteiger partial charge >= 0.3 is 0 Å². The van der Waals surface area contributed by atoms with E-state index < -0.39 is 17.9 Å². The van der Waals surface area contributed by atoms with Gasteiger partial charge in [-0.3, -0.25) is 9.59 Å². The maximum atomic E-state index is 12.4. The van der Waals surface area contributed by atoms with Crippen molar-refractivity contribution in [3.63, 3.8) is 0 Å². The summed E-state index contributed by atoms with van der Waals surface area (Å²) in [5.41, 5.74) is 3.74. The van der Waals surface area contributed by atoms with Crippen molar-refractivity contribution in [2.45, 2.75) is 13.0 Å². The van der Waals surface area contributed by atoms with E-state index in [1.807, 2.05) is 29.6 Å². The van der Waals surface area contributed by atoms with Gasteiger partial charge in [0.05, 0.1) is 20.4 Å². The number of amides is 2. The molecule has 8 heteroatoms. The Kier molecular flexibility index (Phi) is 6.46. The lowest BCUT2D eigenvalue weighted by atomic mass is 10.1. The Morgan fingerprint density at radius 1 is 1.10 bits per heavy atom. The molecule has 2 N–H and O–H groups in total. The Morgan fingerprint density at radius 2 is 1.86 bits per heavy atom. The molecule has 1 heterocycles. The van der Waals surface area contributed by atoms with E-state index >= 15 is 0 Å². The minimum atomic E-state index is -0.771. The molecule has 3 aromatic rings. The Morgan fingerprint density at radius 3 is 2.62 bits per heavy atom. The van der Waals surface area contributed by atoms with Gasteiger partial charge in [0.1, 0.15) is 6.04 Å². The van der Waals surface area contributed by atoms with E-state index in [4.69, 9.17) is 9.47 Å². The van der Waals surface area contributed by atoms with E-state index in [2.05, 4.69) is 15.8 Å². The predicted octanol–water partition coefficient (Wildman–Crippen LogP) is 3.19. The first-order chi connectivity index (χ1) is 14.0. The van der Waals surface area contributed by atoms with Crippen molar-refractivity contribution in [1.82, 2.24) is 10.7 Å². The molecule has 150 valence electrons. The number of nitrogens with zero attached hydrogens (tertiary/aromatic N) is 1. The monoisotopic (exact) mass is 411 g/mol. The number of thiophene rings is 1. The molecule has 0 saturated heterocycles. The average molecular weight is 411 g/mol. The first-order valence-corrected chi connectivity index (χ1v) is 9.73. The van der Waals surface area contributed by atoms with Gasteiger partial charge in [0.15, 0.2) is 11.5 Å². The van der Waals surface area contributed by atoms with E-state index in [1.54, 1.807) is 42.7 Å². The van der Waals surface area contributed by atoms with Gasteiger partial charge in [-0.1, -0.05) is 18.2 Å². The SMILES string of the molecule is COc1ccc(C(=O)N[C@H](C)C(=O)N/N=C/c2csc3ccccc23)cc1OC. The van der Waals surface area contributed by atoms with Crippen molar-refractivity contribution < 1.29 is 19.1 Å². The van der Waals surface area contributed by atoms with Crippen LogP contribution < -0.4 is 20.2 Å². The molecule has 1 aromatic heterocycles. The number of hydrazone groups is 1. The number of hydrogen-bond acceptors (Lipinski definition) is 6. The molecule has 0 unspecified atom stereocenters. The fourth-order valence-electron chi connectivity index (χ4n) is 2.68. The molecular formula is C21H21N3O4S. The summed E-state index contributed by atoms with van der Waals surface area (Å²) in [7, 11) is 3.01. The van der Waals surface area contributed by atoms with Crippen LogP contribution in [0.2, 0.25) is 0 Å². The highest BCUT2D eigenvalue weighted by Crippen LogP contribution is 2.27. The van der Waals surface area contributed by atoms with Gasteiger partial charge in [-0.25, -0.2) is 5.43 Å². The van der Waals surface area contributed by atoms with Gasteiger partial charge in [0, 0.05) is 26.6 Å². The summed E-state index contributed by atoms with van der Waals surface area (Å²) < 4.78 is 11.5. The van der Waals surface area contributed by atoms with Crippen molar-refractivity contribution in [2.24, 2.45) is 5.10 Å². The molecular weight excluding hydrogens is 390 g/mol. The fourth-order valence-corrected chi connectivity index (χ4v) is 3.60. The van der Waals surface area contributed by atoms with Crippen molar-refractivity contribution in [1.29, 1.82) is 0 Å². The van der Waals surface area contributed by atoms with E-state index in [0.717, 1.165) is 15.6 Å². The fraction of sp³-hybridized carbons (Fsp3) is 0.190. The average Bonchev–Trinajstić information content (AvgIpc) is 3.16. The molecule has 2 aromatic carbocycles. The predicted molar refractivity (Wildman–Crippen MR) is 114 cm³/mol. The highest BCUT2D eigenvalue weighted by atomic mass is 32.1. The van der Waals surface area contributed by atoms with Crippen LogP contribution in [0.5, 0.6) is 11.5 Å². The summed E-state index contributed by atoms with van der Waals surface area (Å²) in [6, 6.07) is 12.0. The topological polar surface area (TPSA) is 89.0 Å². The zero-order valence-electron chi connectivity index (χ0n) is 16.3. The number of carbonyl (C=O) groups excluding carboxylic acids is 2. The Hall–Kier alpha value is -3.39. The molecule has 7 nitrogen and oxygen atoms in total. The minimum Gasteiger partial charge on any atom is -0.493 e. The third-order valence-corrected chi connectivity index (χ3v) is 5.26. The molecule has 0 aliphatic heterocycles. The van der Waals surface area contributed by atoms with Gasteiger partial charge in [0.25, 0.3) is 11.8 Å². The van der Waals surface area contributed by atoms with Gasteiger partial charge in [-0.05, 0) is 31.2 Å². The van der Waals surface area contributed by atoms with Gasteiger partial charge < -0.3 is 14.8 Å². The highest BCUT2D eigenvalue weighted by molar-refractivity contribution is 7.17. The largest absolute Gasteiger partial charge is 0.493 e. The molecule has 0 spiro atoms. The van der Waals surface area contributed by atoms with Crippen molar-refractivity contribution in [3.8, 4) is 11.5 Å². The van der Waals surface area contributed by atoms with E-state index in [1.165, 1.54) is 14.2 Å². The van der Waals surface area contributed by atoms with Crippen molar-refractivity contribution in [2.75, 3.05) is 14.2 Å². The lowest BCUT2D eigenvalue weighted by Crippen LogP contribution is -2.43. The molecule has 0 radical (unpaired) electrons. The highest BCUT2D eigenvalue weighted by Gasteiger charge is 2.17. The molecule has 1 atom stereocenters. The van der Waals surface area contributed by atoms with Crippen LogP contribution in [0.1, 0.15) is 22.8 Å². The van der Waals surface area contributed by atoms with Crippen molar-refractivity contribution in [3.05, 3.63) is 59.0 Å². The first kappa shape index (κ1) is 20.3. The van der Waals surface area contributed by atoms with E-state index in [-0.39, 0.29) is 0 Å². The summed E-state index contributed by atoms with van der Waals surface area (Å²) in [6.45, 7) is 1.59. The van der Waals surface area contributed by atoms with E-state index in [0.29, 0.717) is 17.1 Å². The van der Waals surface area contributed by atoms with Crippen LogP contribution in [0.25, 0.3) is 10.1 Å². The molecule has 0 saturated carbocycles. The summed E-state index contributed by atoms with van der Waals surface area (Å²) in [5, 5.41) is 9.70. The van der Waals surface area contributed by atoms with E-state index in [9.17, 15) is 9.59 Å². The third kappa shape index (κ3) is 4.72. The molecule has 2 amide bonds. The van der Waals surface area contributed by atoms with Crippen LogP contribution in [0.15, 0.2) is 52.9 Å². The van der Waals surface area contributed by atoms with Gasteiger partial charge in [0.2, 0.25) is 0 Å². The second-order valence-electron chi connectivity index (χ2n) is 6.19. The molecule has 0 aliphatic carbocycles. The first-order valence-electron chi connectivity index (χ1n) is 8.85. The Bertz CT molecular complexity index is 1060. The summed E-state index contributed by atoms with van der Waals surface area (Å²) in [4.78, 5) is 24.7. The third-order valence-electron chi connectivity index (χ3n) is 4.28. The smallest absolute Gasteiger partial charge is 0.262 e. The van der Waals surface area contributed by atoms with Crippen LogP contribution in [0, 0.1) is 0 Å². The molecule has 3 rings (SSSR count). The summed E-state index contributed by atoms with van der Waals surface area (Å²) in [5.74, 6) is 0.131. The number of fused-ring (bicyclic) bond motifs is 1. The number of benzene rings is 2. The maximum Gasteiger partial charge on any atom is 0.262 e. The van der Waals surface area contributed by atoms with Gasteiger partial charge in [-0.2, -0.15) is 5.10 Å². The molecule has 0 bridgehead atoms. The number of rotatable bonds is 7. The maximum absolute atomic E-state index is 12.4. The number of methoxy groups -OCH3 is 2. The van der Waals surface area contributed by atoms with Crippen LogP contribution >= 0.6 is 11.3 Å². The summed E-state index contributed by atoms with van der Waals surface area (Å²) in [6.07, 6.45) is 1.60. The molecule has 0 aliphatic rings. The normalized spacial score (nSPS) is 12.0. The van der Waals surface area contributed by atoms with Crippen LogP contribution in [0.4, 0.5) is 0 Å². The zero-order valence-corrected chi connectivity index (χ0v) is 17.1. The molecule has 29 heavy (non-hydrogen) atoms. The van der Waals surface area contributed by atoms with Gasteiger partial charge in [-0.15, -0.1) is 11.3 Å². The number of ether oxygens (including phenoxy) is 2. The van der Waals surface area contributed by atoms with Crippen LogP contribution in [0.3, 0.4) is 0 Å². The quantitative estimate of drug-likeness (QED) is 0.462. The number of nitrogens with one attached hydrogen (secondary N) is 2. The number of hydrogen-bond donors (Lipinski definition) is 2. The standard InChI is InChI=1S/C21H21N3O4S/c1-13(23-21(26)14-8-9-17(27-2)18(10-14)28-3)20(25)24-22-11-15-12-29-19-7-5-4-6-16(15)19/h4-13H,1-3H3,(H,23,26)(H,24,25)/b22-11+/t13-/m1/s1.